The first-order valence-corrected chi connectivity index (χ1v) is 9.15. The number of hydrogen-bond donors (Lipinski definition) is 2. The summed E-state index contributed by atoms with van der Waals surface area (Å²) < 4.78 is 44.1. The van der Waals surface area contributed by atoms with Crippen molar-refractivity contribution in [2.24, 2.45) is 0 Å². The van der Waals surface area contributed by atoms with E-state index < -0.39 is 17.5 Å². The number of phenols is 1. The molecule has 28 heavy (non-hydrogen) atoms. The molecule has 9 heteroatoms. The van der Waals surface area contributed by atoms with E-state index in [-0.39, 0.29) is 18.2 Å². The highest BCUT2D eigenvalue weighted by Crippen LogP contribution is 2.39. The maximum absolute atomic E-state index is 12.9. The van der Waals surface area contributed by atoms with Crippen molar-refractivity contribution in [3.05, 3.63) is 34.9 Å². The first kappa shape index (κ1) is 18.9. The number of likely N-dealkylation sites (tertiary alicyclic amines) is 1. The second kappa shape index (κ2) is 7.21. The van der Waals surface area contributed by atoms with Crippen LogP contribution >= 0.6 is 0 Å². The summed E-state index contributed by atoms with van der Waals surface area (Å²) in [5.74, 6) is 0.163. The monoisotopic (exact) mass is 394 g/mol. The lowest BCUT2D eigenvalue weighted by atomic mass is 10.0. The number of alkyl halides is 3. The third kappa shape index (κ3) is 3.64. The van der Waals surface area contributed by atoms with E-state index in [1.807, 2.05) is 0 Å². The molecule has 0 radical (unpaired) electrons. The van der Waals surface area contributed by atoms with E-state index in [2.05, 4.69) is 27.5 Å². The van der Waals surface area contributed by atoms with Gasteiger partial charge in [-0.2, -0.15) is 13.2 Å². The van der Waals surface area contributed by atoms with E-state index in [4.69, 9.17) is 4.74 Å². The molecule has 0 aliphatic carbocycles. The zero-order chi connectivity index (χ0) is 19.9. The molecule has 2 N–H and O–H groups in total. The van der Waals surface area contributed by atoms with Crippen molar-refractivity contribution in [3.8, 4) is 17.0 Å². The second-order valence-electron chi connectivity index (χ2n) is 7.32. The molecule has 2 aliphatic heterocycles. The Hall–Kier alpha value is -2.39. The predicted octanol–water partition coefficient (Wildman–Crippen LogP) is 3.40. The van der Waals surface area contributed by atoms with Gasteiger partial charge >= 0.3 is 6.18 Å². The average molecular weight is 394 g/mol. The Morgan fingerprint density at radius 3 is 2.71 bits per heavy atom. The standard InChI is InChI=1S/C19H21F3N4O2/c1-26-6-2-3-12(8-26)23-18-15-10-28-9-14(15)17(24-25-18)13-5-4-11(7-16(13)27)19(20,21)22/h4-5,7,12,27H,2-3,6,8-10H2,1H3,(H,23,25)/t12-/m1/s1. The van der Waals surface area contributed by atoms with E-state index in [9.17, 15) is 18.3 Å². The Balaban J connectivity index is 1.66. The van der Waals surface area contributed by atoms with Crippen LogP contribution in [0, 0.1) is 0 Å². The van der Waals surface area contributed by atoms with Crippen LogP contribution in [-0.2, 0) is 24.1 Å². The number of likely N-dealkylation sites (N-methyl/N-ethyl adjacent to an activating group) is 1. The summed E-state index contributed by atoms with van der Waals surface area (Å²) >= 11 is 0. The molecule has 0 spiro atoms. The van der Waals surface area contributed by atoms with Crippen LogP contribution in [-0.4, -0.2) is 46.4 Å². The minimum absolute atomic E-state index is 0.214. The van der Waals surface area contributed by atoms with Crippen LogP contribution in [0.5, 0.6) is 5.75 Å². The number of fused-ring (bicyclic) bond motifs is 1. The van der Waals surface area contributed by atoms with Gasteiger partial charge in [-0.25, -0.2) is 0 Å². The van der Waals surface area contributed by atoms with Crippen LogP contribution in [0.25, 0.3) is 11.3 Å². The van der Waals surface area contributed by atoms with E-state index in [1.54, 1.807) is 0 Å². The maximum Gasteiger partial charge on any atom is 0.416 e. The molecule has 1 atom stereocenters. The molecule has 2 aromatic rings. The number of aromatic nitrogens is 2. The Kier molecular flexibility index (Phi) is 4.88. The first-order chi connectivity index (χ1) is 13.3. The molecule has 2 aliphatic rings. The van der Waals surface area contributed by atoms with Crippen LogP contribution in [0.2, 0.25) is 0 Å². The van der Waals surface area contributed by atoms with Gasteiger partial charge in [-0.15, -0.1) is 10.2 Å². The molecule has 6 nitrogen and oxygen atoms in total. The van der Waals surface area contributed by atoms with Gasteiger partial charge < -0.3 is 20.1 Å². The lowest BCUT2D eigenvalue weighted by Gasteiger charge is -2.30. The molecule has 1 aromatic heterocycles. The number of aromatic hydroxyl groups is 1. The fourth-order valence-corrected chi connectivity index (χ4v) is 3.79. The summed E-state index contributed by atoms with van der Waals surface area (Å²) in [7, 11) is 2.07. The quantitative estimate of drug-likeness (QED) is 0.832. The molecule has 0 amide bonds. The minimum atomic E-state index is -4.52. The number of nitrogens with one attached hydrogen (secondary N) is 1. The highest BCUT2D eigenvalue weighted by molar-refractivity contribution is 5.73. The zero-order valence-electron chi connectivity index (χ0n) is 15.4. The van der Waals surface area contributed by atoms with E-state index in [0.29, 0.717) is 24.2 Å². The molecule has 150 valence electrons. The lowest BCUT2D eigenvalue weighted by Crippen LogP contribution is -2.40. The molecule has 3 heterocycles. The highest BCUT2D eigenvalue weighted by Gasteiger charge is 2.32. The molecular weight excluding hydrogens is 373 g/mol. The van der Waals surface area contributed by atoms with E-state index >= 15 is 0 Å². The summed E-state index contributed by atoms with van der Waals surface area (Å²) in [4.78, 5) is 2.25. The van der Waals surface area contributed by atoms with Gasteiger partial charge in [0.05, 0.1) is 18.8 Å². The normalized spacial score (nSPS) is 20.2. The molecule has 1 fully saturated rings. The average Bonchev–Trinajstić information content (AvgIpc) is 3.12. The largest absolute Gasteiger partial charge is 0.507 e. The smallest absolute Gasteiger partial charge is 0.416 e. The molecule has 0 bridgehead atoms. The van der Waals surface area contributed by atoms with E-state index in [0.717, 1.165) is 43.1 Å². The molecule has 0 saturated carbocycles. The number of phenolic OH excluding ortho intramolecular Hbond substituents is 1. The SMILES string of the molecule is CN1CCC[C@@H](Nc2nnc(-c3ccc(C(F)(F)F)cc3O)c3c2COC3)C1. The van der Waals surface area contributed by atoms with Gasteiger partial charge in [0.15, 0.2) is 5.82 Å². The molecule has 4 rings (SSSR count). The lowest BCUT2D eigenvalue weighted by molar-refractivity contribution is -0.137. The topological polar surface area (TPSA) is 70.5 Å². The van der Waals surface area contributed by atoms with Crippen LogP contribution in [0.4, 0.5) is 19.0 Å². The number of benzene rings is 1. The van der Waals surface area contributed by atoms with Crippen molar-refractivity contribution in [2.75, 3.05) is 25.5 Å². The Labute approximate surface area is 160 Å². The summed E-state index contributed by atoms with van der Waals surface area (Å²) in [5.41, 5.74) is 1.25. The first-order valence-electron chi connectivity index (χ1n) is 9.15. The van der Waals surface area contributed by atoms with Gasteiger partial charge in [0, 0.05) is 29.3 Å². The number of halogens is 3. The van der Waals surface area contributed by atoms with Gasteiger partial charge in [0.2, 0.25) is 0 Å². The van der Waals surface area contributed by atoms with Crippen LogP contribution in [0.1, 0.15) is 29.5 Å². The number of anilines is 1. The van der Waals surface area contributed by atoms with Gasteiger partial charge in [-0.05, 0) is 44.6 Å². The number of piperidine rings is 1. The number of nitrogens with zero attached hydrogens (tertiary/aromatic N) is 3. The minimum Gasteiger partial charge on any atom is -0.507 e. The number of hydrogen-bond acceptors (Lipinski definition) is 6. The van der Waals surface area contributed by atoms with Crippen LogP contribution in [0.3, 0.4) is 0 Å². The Morgan fingerprint density at radius 1 is 1.21 bits per heavy atom. The van der Waals surface area contributed by atoms with Crippen molar-refractivity contribution >= 4 is 5.82 Å². The summed E-state index contributed by atoms with van der Waals surface area (Å²) in [6, 6.07) is 3.12. The third-order valence-electron chi connectivity index (χ3n) is 5.22. The van der Waals surface area contributed by atoms with Crippen LogP contribution < -0.4 is 5.32 Å². The van der Waals surface area contributed by atoms with Crippen molar-refractivity contribution in [1.82, 2.24) is 15.1 Å². The highest BCUT2D eigenvalue weighted by atomic mass is 19.4. The summed E-state index contributed by atoms with van der Waals surface area (Å²) in [5, 5.41) is 22.1. The Bertz CT molecular complexity index is 888. The van der Waals surface area contributed by atoms with Crippen molar-refractivity contribution in [3.63, 3.8) is 0 Å². The number of ether oxygens (including phenoxy) is 1. The summed E-state index contributed by atoms with van der Waals surface area (Å²) in [6.07, 6.45) is -2.39. The van der Waals surface area contributed by atoms with E-state index in [1.165, 1.54) is 6.07 Å². The van der Waals surface area contributed by atoms with Crippen molar-refractivity contribution in [1.29, 1.82) is 0 Å². The van der Waals surface area contributed by atoms with Gasteiger partial charge in [-0.3, -0.25) is 0 Å². The van der Waals surface area contributed by atoms with Crippen molar-refractivity contribution in [2.45, 2.75) is 38.3 Å². The Morgan fingerprint density at radius 2 is 2.00 bits per heavy atom. The number of rotatable bonds is 3. The fraction of sp³-hybridized carbons (Fsp3) is 0.474. The third-order valence-corrected chi connectivity index (χ3v) is 5.22. The van der Waals surface area contributed by atoms with Crippen LogP contribution in [0.15, 0.2) is 18.2 Å². The summed E-state index contributed by atoms with van der Waals surface area (Å²) in [6.45, 7) is 2.60. The molecule has 1 aromatic carbocycles. The zero-order valence-corrected chi connectivity index (χ0v) is 15.4. The van der Waals surface area contributed by atoms with Gasteiger partial charge in [-0.1, -0.05) is 0 Å². The predicted molar refractivity (Wildman–Crippen MR) is 96.8 cm³/mol. The molecule has 1 saturated heterocycles. The maximum atomic E-state index is 12.9. The second-order valence-corrected chi connectivity index (χ2v) is 7.32. The fourth-order valence-electron chi connectivity index (χ4n) is 3.79. The van der Waals surface area contributed by atoms with Crippen molar-refractivity contribution < 1.29 is 23.0 Å². The van der Waals surface area contributed by atoms with Gasteiger partial charge in [0.25, 0.3) is 0 Å². The molecule has 0 unspecified atom stereocenters. The van der Waals surface area contributed by atoms with Gasteiger partial charge in [0.1, 0.15) is 11.4 Å². The molecular formula is C19H21F3N4O2.